The van der Waals surface area contributed by atoms with Gasteiger partial charge in [-0.2, -0.15) is 5.26 Å². The van der Waals surface area contributed by atoms with E-state index in [-0.39, 0.29) is 30.9 Å². The summed E-state index contributed by atoms with van der Waals surface area (Å²) in [6.45, 7) is 5.58. The molecule has 1 aliphatic heterocycles. The maximum atomic E-state index is 12.9. The van der Waals surface area contributed by atoms with Crippen molar-refractivity contribution >= 4 is 28.3 Å². The molecule has 36 heavy (non-hydrogen) atoms. The van der Waals surface area contributed by atoms with Crippen molar-refractivity contribution in [3.8, 4) is 11.8 Å². The van der Waals surface area contributed by atoms with Crippen molar-refractivity contribution < 1.29 is 19.1 Å². The van der Waals surface area contributed by atoms with Crippen LogP contribution in [0.4, 0.5) is 9.80 Å². The standard InChI is InChI=1S/C26H29N5O4S/c1-17-4-5-22(34-3)20(12-17)18(2)13-24(32)29-25-21(14-27)19-6-8-31(15-23(19)36-25)26(33)35-11-10-30-9-7-28-16-30/h4-5,7,9,12,16,18H,6,8,10-11,13,15H2,1-3H3,(H,29,32)/t18-/m0/s1. The molecule has 0 unspecified atom stereocenters. The normalized spacial score (nSPS) is 13.4. The zero-order valence-corrected chi connectivity index (χ0v) is 21.4. The number of hydrogen-bond donors (Lipinski definition) is 1. The Balaban J connectivity index is 1.38. The summed E-state index contributed by atoms with van der Waals surface area (Å²) in [6, 6.07) is 8.17. The Kier molecular flexibility index (Phi) is 7.90. The van der Waals surface area contributed by atoms with Crippen LogP contribution in [0.3, 0.4) is 0 Å². The van der Waals surface area contributed by atoms with Crippen LogP contribution >= 0.6 is 11.3 Å². The number of anilines is 1. The number of methoxy groups -OCH3 is 1. The third-order valence-electron chi connectivity index (χ3n) is 6.22. The molecule has 10 heteroatoms. The predicted molar refractivity (Wildman–Crippen MR) is 136 cm³/mol. The van der Waals surface area contributed by atoms with Crippen LogP contribution in [0.25, 0.3) is 0 Å². The molecule has 1 N–H and O–H groups in total. The summed E-state index contributed by atoms with van der Waals surface area (Å²) in [4.78, 5) is 31.9. The van der Waals surface area contributed by atoms with E-state index in [0.29, 0.717) is 36.6 Å². The highest BCUT2D eigenvalue weighted by molar-refractivity contribution is 7.16. The fourth-order valence-electron chi connectivity index (χ4n) is 4.32. The average Bonchev–Trinajstić information content (AvgIpc) is 3.50. The average molecular weight is 508 g/mol. The van der Waals surface area contributed by atoms with Crippen molar-refractivity contribution in [2.75, 3.05) is 25.6 Å². The van der Waals surface area contributed by atoms with Gasteiger partial charge in [0.25, 0.3) is 0 Å². The molecule has 188 valence electrons. The number of nitrogens with one attached hydrogen (secondary N) is 1. The van der Waals surface area contributed by atoms with Gasteiger partial charge in [0.1, 0.15) is 23.4 Å². The van der Waals surface area contributed by atoms with Crippen LogP contribution in [-0.4, -0.2) is 46.7 Å². The summed E-state index contributed by atoms with van der Waals surface area (Å²) < 4.78 is 12.7. The number of thiophene rings is 1. The highest BCUT2D eigenvalue weighted by atomic mass is 32.1. The number of imidazole rings is 1. The van der Waals surface area contributed by atoms with Crippen molar-refractivity contribution in [3.63, 3.8) is 0 Å². The topological polar surface area (TPSA) is 109 Å². The lowest BCUT2D eigenvalue weighted by atomic mass is 9.95. The number of carbonyl (C=O) groups excluding carboxylic acids is 2. The summed E-state index contributed by atoms with van der Waals surface area (Å²) >= 11 is 1.35. The van der Waals surface area contributed by atoms with Crippen molar-refractivity contribution in [1.29, 1.82) is 5.26 Å². The molecule has 0 fully saturated rings. The second kappa shape index (κ2) is 11.3. The lowest BCUT2D eigenvalue weighted by Gasteiger charge is -2.26. The first-order valence-electron chi connectivity index (χ1n) is 11.8. The smallest absolute Gasteiger partial charge is 0.410 e. The van der Waals surface area contributed by atoms with Crippen LogP contribution in [0.1, 0.15) is 46.4 Å². The first-order valence-corrected chi connectivity index (χ1v) is 12.6. The Bertz CT molecular complexity index is 1280. The van der Waals surface area contributed by atoms with Gasteiger partial charge in [-0.05, 0) is 36.5 Å². The molecule has 0 saturated carbocycles. The number of nitrogens with zero attached hydrogens (tertiary/aromatic N) is 4. The number of hydrogen-bond acceptors (Lipinski definition) is 7. The molecule has 1 aromatic carbocycles. The number of rotatable bonds is 8. The van der Waals surface area contributed by atoms with E-state index in [0.717, 1.165) is 27.3 Å². The zero-order valence-electron chi connectivity index (χ0n) is 20.6. The van der Waals surface area contributed by atoms with Crippen molar-refractivity contribution in [2.24, 2.45) is 0 Å². The fourth-order valence-corrected chi connectivity index (χ4v) is 5.55. The lowest BCUT2D eigenvalue weighted by molar-refractivity contribution is -0.116. The monoisotopic (exact) mass is 507 g/mol. The maximum absolute atomic E-state index is 12.9. The highest BCUT2D eigenvalue weighted by Gasteiger charge is 2.28. The third kappa shape index (κ3) is 5.69. The molecule has 0 radical (unpaired) electrons. The number of ether oxygens (including phenoxy) is 2. The minimum Gasteiger partial charge on any atom is -0.496 e. The van der Waals surface area contributed by atoms with Gasteiger partial charge in [0.05, 0.1) is 32.1 Å². The molecule has 9 nitrogen and oxygen atoms in total. The quantitative estimate of drug-likeness (QED) is 0.482. The first-order chi connectivity index (χ1) is 17.4. The maximum Gasteiger partial charge on any atom is 0.410 e. The van der Waals surface area contributed by atoms with E-state index in [4.69, 9.17) is 9.47 Å². The molecular formula is C26H29N5O4S. The Morgan fingerprint density at radius 1 is 1.36 bits per heavy atom. The number of aromatic nitrogens is 2. The minimum atomic E-state index is -0.390. The molecule has 1 aliphatic rings. The van der Waals surface area contributed by atoms with Crippen LogP contribution in [0.5, 0.6) is 5.75 Å². The number of benzene rings is 1. The van der Waals surface area contributed by atoms with Crippen molar-refractivity contribution in [2.45, 2.75) is 45.7 Å². The van der Waals surface area contributed by atoms with Crippen LogP contribution < -0.4 is 10.1 Å². The molecule has 1 atom stereocenters. The predicted octanol–water partition coefficient (Wildman–Crippen LogP) is 4.46. The Labute approximate surface area is 214 Å². The number of nitriles is 1. The second-order valence-electron chi connectivity index (χ2n) is 8.80. The van der Waals surface area contributed by atoms with Gasteiger partial charge in [0, 0.05) is 30.2 Å². The number of fused-ring (bicyclic) bond motifs is 1. The number of carbonyl (C=O) groups is 2. The van der Waals surface area contributed by atoms with Gasteiger partial charge in [0.15, 0.2) is 0 Å². The van der Waals surface area contributed by atoms with E-state index in [1.807, 2.05) is 42.8 Å². The van der Waals surface area contributed by atoms with Gasteiger partial charge in [-0.3, -0.25) is 4.79 Å². The fraction of sp³-hybridized carbons (Fsp3) is 0.385. The molecule has 0 aliphatic carbocycles. The van der Waals surface area contributed by atoms with E-state index in [9.17, 15) is 14.9 Å². The third-order valence-corrected chi connectivity index (χ3v) is 7.35. The van der Waals surface area contributed by atoms with Gasteiger partial charge < -0.3 is 24.3 Å². The zero-order chi connectivity index (χ0) is 25.7. The first kappa shape index (κ1) is 25.3. The van der Waals surface area contributed by atoms with E-state index in [1.54, 1.807) is 24.5 Å². The summed E-state index contributed by atoms with van der Waals surface area (Å²) in [5.41, 5.74) is 3.45. The highest BCUT2D eigenvalue weighted by Crippen LogP contribution is 2.37. The molecule has 0 saturated heterocycles. The molecule has 3 heterocycles. The van der Waals surface area contributed by atoms with E-state index >= 15 is 0 Å². The number of aryl methyl sites for hydroxylation is 1. The molecule has 0 spiro atoms. The van der Waals surface area contributed by atoms with Gasteiger partial charge in [-0.25, -0.2) is 9.78 Å². The van der Waals surface area contributed by atoms with Gasteiger partial charge >= 0.3 is 6.09 Å². The molecule has 3 aromatic rings. The van der Waals surface area contributed by atoms with Crippen LogP contribution in [0, 0.1) is 18.3 Å². The van der Waals surface area contributed by atoms with Crippen molar-refractivity contribution in [3.05, 3.63) is 64.1 Å². The summed E-state index contributed by atoms with van der Waals surface area (Å²) in [7, 11) is 1.62. The number of amides is 2. The SMILES string of the molecule is COc1ccc(C)cc1[C@@H](C)CC(=O)Nc1sc2c(c1C#N)CCN(C(=O)OCCn1ccnc1)C2. The van der Waals surface area contributed by atoms with Gasteiger partial charge in [0.2, 0.25) is 5.91 Å². The van der Waals surface area contributed by atoms with Crippen LogP contribution in [0.2, 0.25) is 0 Å². The Morgan fingerprint density at radius 3 is 2.92 bits per heavy atom. The van der Waals surface area contributed by atoms with E-state index in [1.165, 1.54) is 11.3 Å². The van der Waals surface area contributed by atoms with Crippen LogP contribution in [-0.2, 0) is 29.0 Å². The van der Waals surface area contributed by atoms with E-state index in [2.05, 4.69) is 16.4 Å². The summed E-state index contributed by atoms with van der Waals surface area (Å²) in [5, 5.41) is 13.3. The Morgan fingerprint density at radius 2 is 2.19 bits per heavy atom. The lowest BCUT2D eigenvalue weighted by Crippen LogP contribution is -2.36. The van der Waals surface area contributed by atoms with Gasteiger partial charge in [-0.15, -0.1) is 11.3 Å². The molecule has 2 aromatic heterocycles. The summed E-state index contributed by atoms with van der Waals surface area (Å²) in [5.74, 6) is 0.520. The molecule has 0 bridgehead atoms. The van der Waals surface area contributed by atoms with Crippen molar-refractivity contribution in [1.82, 2.24) is 14.5 Å². The van der Waals surface area contributed by atoms with E-state index < -0.39 is 0 Å². The molecule has 4 rings (SSSR count). The summed E-state index contributed by atoms with van der Waals surface area (Å²) in [6.07, 6.45) is 5.56. The minimum absolute atomic E-state index is 0.0624. The molecule has 2 amide bonds. The Hall–Kier alpha value is -3.84. The van der Waals surface area contributed by atoms with Crippen LogP contribution in [0.15, 0.2) is 36.9 Å². The largest absolute Gasteiger partial charge is 0.496 e. The second-order valence-corrected chi connectivity index (χ2v) is 9.91. The van der Waals surface area contributed by atoms with Gasteiger partial charge in [-0.1, -0.05) is 24.6 Å². The molecular weight excluding hydrogens is 478 g/mol.